The molecule has 0 aliphatic heterocycles. The molecule has 0 radical (unpaired) electrons. The van der Waals surface area contributed by atoms with Crippen LogP contribution in [0, 0.1) is 0 Å². The standard InChI is InChI=1S/C12H19N3O2/c1-2-15(6-3-7-16)12(17)8-11-5-4-10(13)9-14-11/h4-5,9,16H,2-3,6-8,13H2,1H3. The lowest BCUT2D eigenvalue weighted by Gasteiger charge is -2.20. The first-order valence-electron chi connectivity index (χ1n) is 5.76. The van der Waals surface area contributed by atoms with Crippen LogP contribution >= 0.6 is 0 Å². The normalized spacial score (nSPS) is 10.2. The van der Waals surface area contributed by atoms with Gasteiger partial charge in [-0.05, 0) is 25.5 Å². The summed E-state index contributed by atoms with van der Waals surface area (Å²) in [6.45, 7) is 3.25. The monoisotopic (exact) mass is 237 g/mol. The van der Waals surface area contributed by atoms with E-state index < -0.39 is 0 Å². The minimum atomic E-state index is 0.0261. The van der Waals surface area contributed by atoms with E-state index in [0.29, 0.717) is 30.9 Å². The Morgan fingerprint density at radius 3 is 2.82 bits per heavy atom. The Morgan fingerprint density at radius 1 is 1.53 bits per heavy atom. The van der Waals surface area contributed by atoms with Crippen LogP contribution in [0.2, 0.25) is 0 Å². The molecule has 1 aromatic heterocycles. The molecule has 0 saturated heterocycles. The summed E-state index contributed by atoms with van der Waals surface area (Å²) >= 11 is 0. The number of carbonyl (C=O) groups is 1. The number of pyridine rings is 1. The van der Waals surface area contributed by atoms with E-state index in [1.807, 2.05) is 6.92 Å². The molecule has 0 fully saturated rings. The fourth-order valence-electron chi connectivity index (χ4n) is 1.53. The van der Waals surface area contributed by atoms with Gasteiger partial charge in [-0.15, -0.1) is 0 Å². The number of amides is 1. The van der Waals surface area contributed by atoms with E-state index >= 15 is 0 Å². The number of aliphatic hydroxyl groups is 1. The van der Waals surface area contributed by atoms with Gasteiger partial charge in [-0.1, -0.05) is 0 Å². The van der Waals surface area contributed by atoms with Crippen LogP contribution in [-0.2, 0) is 11.2 Å². The van der Waals surface area contributed by atoms with Crippen LogP contribution < -0.4 is 5.73 Å². The van der Waals surface area contributed by atoms with Gasteiger partial charge in [0, 0.05) is 25.4 Å². The molecule has 1 amide bonds. The molecule has 0 atom stereocenters. The predicted octanol–water partition coefficient (Wildman–Crippen LogP) is 0.437. The number of hydrogen-bond donors (Lipinski definition) is 2. The summed E-state index contributed by atoms with van der Waals surface area (Å²) in [6, 6.07) is 3.49. The van der Waals surface area contributed by atoms with Crippen LogP contribution in [0.3, 0.4) is 0 Å². The first-order chi connectivity index (χ1) is 8.17. The summed E-state index contributed by atoms with van der Waals surface area (Å²) in [6.07, 6.45) is 2.43. The van der Waals surface area contributed by atoms with Gasteiger partial charge in [0.15, 0.2) is 0 Å². The highest BCUT2D eigenvalue weighted by Crippen LogP contribution is 2.04. The van der Waals surface area contributed by atoms with Crippen molar-refractivity contribution in [2.75, 3.05) is 25.4 Å². The molecule has 0 spiro atoms. The molecule has 0 bridgehead atoms. The molecule has 0 saturated carbocycles. The zero-order valence-electron chi connectivity index (χ0n) is 10.1. The van der Waals surface area contributed by atoms with E-state index in [0.717, 1.165) is 0 Å². The maximum absolute atomic E-state index is 11.9. The second kappa shape index (κ2) is 6.85. The third-order valence-corrected chi connectivity index (χ3v) is 2.50. The van der Waals surface area contributed by atoms with Gasteiger partial charge in [-0.2, -0.15) is 0 Å². The van der Waals surface area contributed by atoms with Crippen molar-refractivity contribution in [2.24, 2.45) is 0 Å². The van der Waals surface area contributed by atoms with E-state index in [4.69, 9.17) is 10.8 Å². The van der Waals surface area contributed by atoms with Gasteiger partial charge in [0.1, 0.15) is 0 Å². The average molecular weight is 237 g/mol. The zero-order chi connectivity index (χ0) is 12.7. The highest BCUT2D eigenvalue weighted by molar-refractivity contribution is 5.78. The van der Waals surface area contributed by atoms with Crippen LogP contribution in [-0.4, -0.2) is 40.6 Å². The fourth-order valence-corrected chi connectivity index (χ4v) is 1.53. The maximum Gasteiger partial charge on any atom is 0.228 e. The van der Waals surface area contributed by atoms with E-state index in [1.54, 1.807) is 23.2 Å². The van der Waals surface area contributed by atoms with Crippen molar-refractivity contribution in [1.82, 2.24) is 9.88 Å². The molecule has 17 heavy (non-hydrogen) atoms. The summed E-state index contributed by atoms with van der Waals surface area (Å²) in [5, 5.41) is 8.75. The number of aromatic nitrogens is 1. The smallest absolute Gasteiger partial charge is 0.228 e. The molecule has 3 N–H and O–H groups in total. The molecule has 0 aliphatic carbocycles. The van der Waals surface area contributed by atoms with Crippen LogP contribution in [0.15, 0.2) is 18.3 Å². The maximum atomic E-state index is 11.9. The van der Waals surface area contributed by atoms with E-state index in [2.05, 4.69) is 4.98 Å². The Hall–Kier alpha value is -1.62. The number of anilines is 1. The lowest BCUT2D eigenvalue weighted by Crippen LogP contribution is -2.33. The highest BCUT2D eigenvalue weighted by Gasteiger charge is 2.12. The second-order valence-electron chi connectivity index (χ2n) is 3.81. The predicted molar refractivity (Wildman–Crippen MR) is 66.3 cm³/mol. The van der Waals surface area contributed by atoms with Crippen molar-refractivity contribution in [2.45, 2.75) is 19.8 Å². The summed E-state index contributed by atoms with van der Waals surface area (Å²) < 4.78 is 0. The van der Waals surface area contributed by atoms with Crippen LogP contribution in [0.4, 0.5) is 5.69 Å². The summed E-state index contributed by atoms with van der Waals surface area (Å²) in [4.78, 5) is 17.7. The number of nitrogen functional groups attached to an aromatic ring is 1. The van der Waals surface area contributed by atoms with Gasteiger partial charge in [0.05, 0.1) is 18.3 Å². The number of nitrogens with zero attached hydrogens (tertiary/aromatic N) is 2. The first-order valence-corrected chi connectivity index (χ1v) is 5.76. The Balaban J connectivity index is 2.54. The summed E-state index contributed by atoms with van der Waals surface area (Å²) in [7, 11) is 0. The Bertz CT molecular complexity index is 351. The van der Waals surface area contributed by atoms with Crippen LogP contribution in [0.1, 0.15) is 19.0 Å². The molecule has 0 aliphatic rings. The molecule has 1 aromatic rings. The van der Waals surface area contributed by atoms with Gasteiger partial charge >= 0.3 is 0 Å². The molecule has 0 aromatic carbocycles. The topological polar surface area (TPSA) is 79.5 Å². The van der Waals surface area contributed by atoms with Crippen molar-refractivity contribution in [3.8, 4) is 0 Å². The molecule has 0 unspecified atom stereocenters. The number of carbonyl (C=O) groups excluding carboxylic acids is 1. The number of likely N-dealkylation sites (N-methyl/N-ethyl adjacent to an activating group) is 1. The van der Waals surface area contributed by atoms with Crippen LogP contribution in [0.25, 0.3) is 0 Å². The molecule has 1 rings (SSSR count). The van der Waals surface area contributed by atoms with E-state index in [9.17, 15) is 4.79 Å². The van der Waals surface area contributed by atoms with Gasteiger partial charge in [-0.3, -0.25) is 9.78 Å². The van der Waals surface area contributed by atoms with Crippen molar-refractivity contribution >= 4 is 11.6 Å². The summed E-state index contributed by atoms with van der Waals surface area (Å²) in [5.41, 5.74) is 6.83. The Morgan fingerprint density at radius 2 is 2.29 bits per heavy atom. The SMILES string of the molecule is CCN(CCCO)C(=O)Cc1ccc(N)cn1. The molecule has 1 heterocycles. The van der Waals surface area contributed by atoms with Crippen molar-refractivity contribution in [3.05, 3.63) is 24.0 Å². The third-order valence-electron chi connectivity index (χ3n) is 2.50. The summed E-state index contributed by atoms with van der Waals surface area (Å²) in [5.74, 6) is 0.0261. The minimum absolute atomic E-state index is 0.0261. The Kier molecular flexibility index (Phi) is 5.42. The van der Waals surface area contributed by atoms with Crippen molar-refractivity contribution < 1.29 is 9.90 Å². The first kappa shape index (κ1) is 13.4. The lowest BCUT2D eigenvalue weighted by molar-refractivity contribution is -0.130. The van der Waals surface area contributed by atoms with Crippen LogP contribution in [0.5, 0.6) is 0 Å². The largest absolute Gasteiger partial charge is 0.397 e. The van der Waals surface area contributed by atoms with E-state index in [-0.39, 0.29) is 18.9 Å². The number of nitrogens with two attached hydrogens (primary N) is 1. The Labute approximate surface area is 101 Å². The van der Waals surface area contributed by atoms with Gasteiger partial charge < -0.3 is 15.7 Å². The van der Waals surface area contributed by atoms with Gasteiger partial charge in [0.2, 0.25) is 5.91 Å². The molecule has 5 heteroatoms. The molecule has 94 valence electrons. The number of aliphatic hydroxyl groups excluding tert-OH is 1. The highest BCUT2D eigenvalue weighted by atomic mass is 16.3. The third kappa shape index (κ3) is 4.40. The zero-order valence-corrected chi connectivity index (χ0v) is 10.1. The van der Waals surface area contributed by atoms with E-state index in [1.165, 1.54) is 0 Å². The molecule has 5 nitrogen and oxygen atoms in total. The van der Waals surface area contributed by atoms with Crippen molar-refractivity contribution in [3.63, 3.8) is 0 Å². The van der Waals surface area contributed by atoms with Gasteiger partial charge in [0.25, 0.3) is 0 Å². The number of hydrogen-bond acceptors (Lipinski definition) is 4. The second-order valence-corrected chi connectivity index (χ2v) is 3.81. The minimum Gasteiger partial charge on any atom is -0.397 e. The molecular formula is C12H19N3O2. The van der Waals surface area contributed by atoms with Crippen molar-refractivity contribution in [1.29, 1.82) is 0 Å². The number of rotatable bonds is 6. The fraction of sp³-hybridized carbons (Fsp3) is 0.500. The average Bonchev–Trinajstić information content (AvgIpc) is 2.33. The molecular weight excluding hydrogens is 218 g/mol. The quantitative estimate of drug-likeness (QED) is 0.752. The lowest BCUT2D eigenvalue weighted by atomic mass is 10.2. The van der Waals surface area contributed by atoms with Gasteiger partial charge in [-0.25, -0.2) is 0 Å².